The van der Waals surface area contributed by atoms with E-state index in [4.69, 9.17) is 5.11 Å². The second-order valence-corrected chi connectivity index (χ2v) is 2.99. The van der Waals surface area contributed by atoms with Crippen molar-refractivity contribution in [2.24, 2.45) is 0 Å². The van der Waals surface area contributed by atoms with Crippen LogP contribution >= 0.6 is 0 Å². The van der Waals surface area contributed by atoms with Crippen LogP contribution in [0.25, 0.3) is 0 Å². The third kappa shape index (κ3) is 1.58. The molecule has 0 unspecified atom stereocenters. The highest BCUT2D eigenvalue weighted by molar-refractivity contribution is 5.20. The molecule has 0 radical (unpaired) electrons. The van der Waals surface area contributed by atoms with Gasteiger partial charge < -0.3 is 5.11 Å². The number of rotatable bonds is 1. The zero-order chi connectivity index (χ0) is 7.61. The molecule has 1 aromatic rings. The molecule has 2 N–H and O–H groups in total. The second kappa shape index (κ2) is 2.43. The lowest BCUT2D eigenvalue weighted by atomic mass is 9.99. The van der Waals surface area contributed by atoms with Gasteiger partial charge in [0.05, 0.1) is 0 Å². The van der Waals surface area contributed by atoms with Crippen LogP contribution in [0.15, 0.2) is 30.3 Å². The molecule has 54 valence electrons. The average molecular weight is 137 g/mol. The molecule has 1 heteroatoms. The summed E-state index contributed by atoms with van der Waals surface area (Å²) < 4.78 is 0. The molecule has 0 saturated carbocycles. The van der Waals surface area contributed by atoms with Crippen molar-refractivity contribution in [2.45, 2.75) is 19.4 Å². The summed E-state index contributed by atoms with van der Waals surface area (Å²) in [6.45, 7) is 3.78. The van der Waals surface area contributed by atoms with Gasteiger partial charge in [-0.25, -0.2) is 0 Å². The van der Waals surface area contributed by atoms with Gasteiger partial charge in [-0.3, -0.25) is 0 Å². The van der Waals surface area contributed by atoms with Crippen molar-refractivity contribution in [3.8, 4) is 0 Å². The van der Waals surface area contributed by atoms with Gasteiger partial charge in [-0.1, -0.05) is 30.3 Å². The average Bonchev–Trinajstić information content (AvgIpc) is 1.88. The summed E-state index contributed by atoms with van der Waals surface area (Å²) >= 11 is 0. The monoisotopic (exact) mass is 137 g/mol. The normalized spacial score (nSPS) is 11.5. The summed E-state index contributed by atoms with van der Waals surface area (Å²) in [7, 11) is 0. The zero-order valence-corrected chi connectivity index (χ0v) is 6.39. The molecule has 1 nitrogen and oxygen atoms in total. The second-order valence-electron chi connectivity index (χ2n) is 2.99. The lowest BCUT2D eigenvalue weighted by molar-refractivity contribution is 0.0786. The Morgan fingerprint density at radius 2 is 1.60 bits per heavy atom. The predicted octanol–water partition coefficient (Wildman–Crippen LogP) is 1.65. The standard InChI is InChI=1S/C9H12O/c1-9(2,10)8-6-4-3-5-7-8/h3-7,10H,1-2H3/p+1. The molecule has 0 aliphatic rings. The molecular formula is C9H13O+. The highest BCUT2D eigenvalue weighted by Gasteiger charge is 2.19. The maximum absolute atomic E-state index is 7.67. The Morgan fingerprint density at radius 3 is 1.90 bits per heavy atom. The van der Waals surface area contributed by atoms with Crippen LogP contribution in [0, 0.1) is 0 Å². The molecular weight excluding hydrogens is 124 g/mol. The Morgan fingerprint density at radius 1 is 1.10 bits per heavy atom. The summed E-state index contributed by atoms with van der Waals surface area (Å²) in [4.78, 5) is 0. The predicted molar refractivity (Wildman–Crippen MR) is 43.1 cm³/mol. The summed E-state index contributed by atoms with van der Waals surface area (Å²) in [5.41, 5.74) is 0.608. The van der Waals surface area contributed by atoms with Gasteiger partial charge in [0, 0.05) is 19.4 Å². The third-order valence-electron chi connectivity index (χ3n) is 1.50. The summed E-state index contributed by atoms with van der Waals surface area (Å²) in [6, 6.07) is 9.85. The van der Waals surface area contributed by atoms with E-state index in [0.29, 0.717) is 0 Å². The first-order valence-corrected chi connectivity index (χ1v) is 3.41. The number of benzene rings is 1. The van der Waals surface area contributed by atoms with E-state index >= 15 is 0 Å². The van der Waals surface area contributed by atoms with Crippen molar-refractivity contribution in [1.82, 2.24) is 0 Å². The van der Waals surface area contributed by atoms with E-state index < -0.39 is 5.60 Å². The molecule has 0 spiro atoms. The fourth-order valence-corrected chi connectivity index (χ4v) is 0.855. The quantitative estimate of drug-likeness (QED) is 0.525. The minimum Gasteiger partial charge on any atom is -0.438 e. The van der Waals surface area contributed by atoms with Crippen LogP contribution in [0.2, 0.25) is 0 Å². The smallest absolute Gasteiger partial charge is 0.183 e. The van der Waals surface area contributed by atoms with Gasteiger partial charge in [0.15, 0.2) is 5.60 Å². The first-order valence-electron chi connectivity index (χ1n) is 3.41. The van der Waals surface area contributed by atoms with Crippen LogP contribution in [0.1, 0.15) is 19.4 Å². The number of hydrogen-bond acceptors (Lipinski definition) is 0. The molecule has 10 heavy (non-hydrogen) atoms. The van der Waals surface area contributed by atoms with Crippen LogP contribution in [0.5, 0.6) is 0 Å². The molecule has 0 atom stereocenters. The zero-order valence-electron chi connectivity index (χ0n) is 6.39. The maximum Gasteiger partial charge on any atom is 0.183 e. The molecule has 0 aromatic heterocycles. The van der Waals surface area contributed by atoms with E-state index in [0.717, 1.165) is 5.56 Å². The SMILES string of the molecule is CC(C)([OH2+])c1ccccc1. The van der Waals surface area contributed by atoms with Crippen molar-refractivity contribution in [1.29, 1.82) is 0 Å². The topological polar surface area (TPSA) is 22.9 Å². The van der Waals surface area contributed by atoms with E-state index in [-0.39, 0.29) is 0 Å². The van der Waals surface area contributed by atoms with E-state index in [2.05, 4.69) is 0 Å². The maximum atomic E-state index is 7.67. The Kier molecular flexibility index (Phi) is 1.77. The largest absolute Gasteiger partial charge is 0.438 e. The minimum absolute atomic E-state index is 0.457. The molecule has 0 fully saturated rings. The van der Waals surface area contributed by atoms with Gasteiger partial charge in [-0.2, -0.15) is 0 Å². The fraction of sp³-hybridized carbons (Fsp3) is 0.333. The van der Waals surface area contributed by atoms with E-state index in [9.17, 15) is 0 Å². The van der Waals surface area contributed by atoms with Crippen LogP contribution in [0.4, 0.5) is 0 Å². The van der Waals surface area contributed by atoms with Crippen LogP contribution in [-0.4, -0.2) is 5.11 Å². The molecule has 0 saturated heterocycles. The first kappa shape index (κ1) is 7.29. The van der Waals surface area contributed by atoms with Crippen molar-refractivity contribution in [3.63, 3.8) is 0 Å². The summed E-state index contributed by atoms with van der Waals surface area (Å²) in [5.74, 6) is 0. The molecule has 0 amide bonds. The molecule has 0 heterocycles. The van der Waals surface area contributed by atoms with Crippen molar-refractivity contribution in [3.05, 3.63) is 35.9 Å². The van der Waals surface area contributed by atoms with Gasteiger partial charge in [0.2, 0.25) is 0 Å². The number of hydrogen-bond donors (Lipinski definition) is 0. The molecule has 0 aliphatic carbocycles. The fourth-order valence-electron chi connectivity index (χ4n) is 0.855. The molecule has 0 bridgehead atoms. The van der Waals surface area contributed by atoms with Crippen LogP contribution in [0.3, 0.4) is 0 Å². The van der Waals surface area contributed by atoms with Gasteiger partial charge in [-0.15, -0.1) is 0 Å². The third-order valence-corrected chi connectivity index (χ3v) is 1.50. The molecule has 1 aromatic carbocycles. The lowest BCUT2D eigenvalue weighted by Gasteiger charge is -2.11. The van der Waals surface area contributed by atoms with E-state index in [1.165, 1.54) is 0 Å². The highest BCUT2D eigenvalue weighted by Crippen LogP contribution is 2.17. The van der Waals surface area contributed by atoms with Crippen molar-refractivity contribution >= 4 is 0 Å². The van der Waals surface area contributed by atoms with E-state index in [1.54, 1.807) is 0 Å². The van der Waals surface area contributed by atoms with Gasteiger partial charge in [0.25, 0.3) is 0 Å². The van der Waals surface area contributed by atoms with Gasteiger partial charge in [0.1, 0.15) is 0 Å². The summed E-state index contributed by atoms with van der Waals surface area (Å²) in [6.07, 6.45) is 0. The highest BCUT2D eigenvalue weighted by atomic mass is 16.3. The van der Waals surface area contributed by atoms with Crippen LogP contribution < -0.4 is 0 Å². The Hall–Kier alpha value is -0.820. The van der Waals surface area contributed by atoms with Crippen molar-refractivity contribution < 1.29 is 5.11 Å². The molecule has 0 aliphatic heterocycles. The Labute approximate surface area is 61.3 Å². The van der Waals surface area contributed by atoms with Gasteiger partial charge in [-0.05, 0) is 0 Å². The van der Waals surface area contributed by atoms with Crippen LogP contribution in [-0.2, 0) is 5.60 Å². The lowest BCUT2D eigenvalue weighted by Crippen LogP contribution is -2.14. The molecule has 1 rings (SSSR count). The summed E-state index contributed by atoms with van der Waals surface area (Å²) in [5, 5.41) is 7.67. The first-order chi connectivity index (χ1) is 4.61. The van der Waals surface area contributed by atoms with Crippen molar-refractivity contribution in [2.75, 3.05) is 0 Å². The van der Waals surface area contributed by atoms with Gasteiger partial charge >= 0.3 is 0 Å². The Bertz CT molecular complexity index is 196. The Balaban J connectivity index is 2.97. The van der Waals surface area contributed by atoms with E-state index in [1.807, 2.05) is 44.2 Å². The minimum atomic E-state index is -0.457.